The summed E-state index contributed by atoms with van der Waals surface area (Å²) in [5, 5.41) is 3.98. The number of methoxy groups -OCH3 is 1. The average molecular weight is 298 g/mol. The number of aryl methyl sites for hydroxylation is 1. The molecule has 90 valence electrons. The molecule has 1 aromatic carbocycles. The second-order valence-electron chi connectivity index (χ2n) is 3.57. The summed E-state index contributed by atoms with van der Waals surface area (Å²) in [7, 11) is 3.10. The van der Waals surface area contributed by atoms with E-state index in [1.165, 1.54) is 16.4 Å². The van der Waals surface area contributed by atoms with Crippen LogP contribution < -0.4 is 10.4 Å². The molecule has 0 aliphatic heterocycles. The maximum atomic E-state index is 11.8. The Morgan fingerprint density at radius 1 is 1.41 bits per heavy atom. The first-order chi connectivity index (χ1) is 8.13. The first-order valence-corrected chi connectivity index (χ1v) is 5.84. The van der Waals surface area contributed by atoms with E-state index in [0.717, 1.165) is 10.0 Å². The van der Waals surface area contributed by atoms with E-state index in [2.05, 4.69) is 21.0 Å². The van der Waals surface area contributed by atoms with Gasteiger partial charge in [-0.25, -0.2) is 14.0 Å². The smallest absolute Gasteiger partial charge is 0.348 e. The normalized spacial score (nSPS) is 10.5. The SMILES string of the molecule is COc1nn(C)c(=O)n1Cc1ccccc1Br. The summed E-state index contributed by atoms with van der Waals surface area (Å²) in [5.41, 5.74) is 0.804. The molecule has 2 rings (SSSR count). The summed E-state index contributed by atoms with van der Waals surface area (Å²) in [6.07, 6.45) is 0. The molecule has 5 nitrogen and oxygen atoms in total. The van der Waals surface area contributed by atoms with Gasteiger partial charge in [0, 0.05) is 11.5 Å². The van der Waals surface area contributed by atoms with Gasteiger partial charge in [-0.3, -0.25) is 0 Å². The van der Waals surface area contributed by atoms with E-state index in [1.54, 1.807) is 7.05 Å². The van der Waals surface area contributed by atoms with Crippen molar-refractivity contribution in [1.29, 1.82) is 0 Å². The zero-order valence-electron chi connectivity index (χ0n) is 9.55. The molecule has 17 heavy (non-hydrogen) atoms. The quantitative estimate of drug-likeness (QED) is 0.860. The zero-order valence-corrected chi connectivity index (χ0v) is 11.1. The lowest BCUT2D eigenvalue weighted by molar-refractivity contribution is 0.357. The maximum absolute atomic E-state index is 11.8. The van der Waals surface area contributed by atoms with Gasteiger partial charge in [-0.1, -0.05) is 34.1 Å². The molecule has 0 atom stereocenters. The van der Waals surface area contributed by atoms with Gasteiger partial charge in [0.05, 0.1) is 13.7 Å². The summed E-state index contributed by atoms with van der Waals surface area (Å²) in [4.78, 5) is 11.8. The number of aromatic nitrogens is 3. The molecule has 0 amide bonds. The van der Waals surface area contributed by atoms with E-state index in [-0.39, 0.29) is 5.69 Å². The summed E-state index contributed by atoms with van der Waals surface area (Å²) < 4.78 is 8.78. The average Bonchev–Trinajstić information content (AvgIpc) is 2.59. The van der Waals surface area contributed by atoms with Crippen LogP contribution in [0.5, 0.6) is 6.01 Å². The lowest BCUT2D eigenvalue weighted by atomic mass is 10.2. The lowest BCUT2D eigenvalue weighted by Crippen LogP contribution is -2.23. The number of hydrogen-bond acceptors (Lipinski definition) is 3. The highest BCUT2D eigenvalue weighted by Crippen LogP contribution is 2.17. The molecule has 6 heteroatoms. The number of ether oxygens (including phenoxy) is 1. The van der Waals surface area contributed by atoms with Gasteiger partial charge in [-0.05, 0) is 11.6 Å². The van der Waals surface area contributed by atoms with Crippen LogP contribution in [0.3, 0.4) is 0 Å². The molecule has 0 N–H and O–H groups in total. The Morgan fingerprint density at radius 2 is 2.12 bits per heavy atom. The van der Waals surface area contributed by atoms with Crippen LogP contribution in [0.2, 0.25) is 0 Å². The van der Waals surface area contributed by atoms with Crippen molar-refractivity contribution in [2.75, 3.05) is 7.11 Å². The Hall–Kier alpha value is -1.56. The van der Waals surface area contributed by atoms with E-state index >= 15 is 0 Å². The number of halogens is 1. The van der Waals surface area contributed by atoms with Crippen LogP contribution in [0.4, 0.5) is 0 Å². The van der Waals surface area contributed by atoms with Crippen LogP contribution in [0, 0.1) is 0 Å². The zero-order chi connectivity index (χ0) is 12.4. The second kappa shape index (κ2) is 4.75. The monoisotopic (exact) mass is 297 g/mol. The molecule has 0 spiro atoms. The van der Waals surface area contributed by atoms with Crippen LogP contribution in [0.15, 0.2) is 33.5 Å². The van der Waals surface area contributed by atoms with E-state index < -0.39 is 0 Å². The molecule has 0 aliphatic rings. The van der Waals surface area contributed by atoms with Crippen LogP contribution in [-0.2, 0) is 13.6 Å². The van der Waals surface area contributed by atoms with Crippen molar-refractivity contribution in [3.63, 3.8) is 0 Å². The van der Waals surface area contributed by atoms with Crippen LogP contribution in [0.25, 0.3) is 0 Å². The molecule has 0 fully saturated rings. The number of benzene rings is 1. The maximum Gasteiger partial charge on any atom is 0.348 e. The van der Waals surface area contributed by atoms with Crippen molar-refractivity contribution in [3.8, 4) is 6.01 Å². The summed E-state index contributed by atoms with van der Waals surface area (Å²) in [6.45, 7) is 0.428. The first-order valence-electron chi connectivity index (χ1n) is 5.04. The van der Waals surface area contributed by atoms with Gasteiger partial charge in [-0.15, -0.1) is 5.10 Å². The Labute approximate surface area is 107 Å². The third-order valence-corrected chi connectivity index (χ3v) is 3.22. The van der Waals surface area contributed by atoms with Crippen molar-refractivity contribution in [3.05, 3.63) is 44.8 Å². The van der Waals surface area contributed by atoms with Gasteiger partial charge in [0.1, 0.15) is 0 Å². The van der Waals surface area contributed by atoms with Crippen molar-refractivity contribution in [1.82, 2.24) is 14.3 Å². The number of rotatable bonds is 3. The van der Waals surface area contributed by atoms with Crippen molar-refractivity contribution >= 4 is 15.9 Å². The van der Waals surface area contributed by atoms with Crippen LogP contribution >= 0.6 is 15.9 Å². The molecule has 0 unspecified atom stereocenters. The molecule has 0 aliphatic carbocycles. The van der Waals surface area contributed by atoms with Gasteiger partial charge in [0.25, 0.3) is 0 Å². The molecule has 1 heterocycles. The Balaban J connectivity index is 2.43. The Bertz CT molecular complexity index is 589. The molecule has 0 radical (unpaired) electrons. The highest BCUT2D eigenvalue weighted by atomic mass is 79.9. The third kappa shape index (κ3) is 2.26. The number of nitrogens with zero attached hydrogens (tertiary/aromatic N) is 3. The summed E-state index contributed by atoms with van der Waals surface area (Å²) >= 11 is 3.45. The Morgan fingerprint density at radius 3 is 2.76 bits per heavy atom. The summed E-state index contributed by atoms with van der Waals surface area (Å²) in [6, 6.07) is 8.05. The third-order valence-electron chi connectivity index (χ3n) is 2.44. The minimum Gasteiger partial charge on any atom is -0.467 e. The summed E-state index contributed by atoms with van der Waals surface area (Å²) in [5.74, 6) is 0. The molecule has 2 aromatic rings. The largest absolute Gasteiger partial charge is 0.467 e. The number of hydrogen-bond donors (Lipinski definition) is 0. The van der Waals surface area contributed by atoms with E-state index in [4.69, 9.17) is 4.74 Å². The molecule has 0 saturated heterocycles. The minimum atomic E-state index is -0.197. The van der Waals surface area contributed by atoms with E-state index in [0.29, 0.717) is 12.6 Å². The fourth-order valence-electron chi connectivity index (χ4n) is 1.56. The second-order valence-corrected chi connectivity index (χ2v) is 4.42. The van der Waals surface area contributed by atoms with Gasteiger partial charge < -0.3 is 4.74 Å². The standard InChI is InChI=1S/C11H12BrN3O2/c1-14-11(16)15(10(13-14)17-2)7-8-5-3-4-6-9(8)12/h3-6H,7H2,1-2H3. The topological polar surface area (TPSA) is 49.1 Å². The lowest BCUT2D eigenvalue weighted by Gasteiger charge is -2.05. The fourth-order valence-corrected chi connectivity index (χ4v) is 1.97. The van der Waals surface area contributed by atoms with Crippen molar-refractivity contribution in [2.45, 2.75) is 6.54 Å². The fraction of sp³-hybridized carbons (Fsp3) is 0.273. The highest BCUT2D eigenvalue weighted by molar-refractivity contribution is 9.10. The predicted molar refractivity (Wildman–Crippen MR) is 67.3 cm³/mol. The van der Waals surface area contributed by atoms with Gasteiger partial charge in [-0.2, -0.15) is 0 Å². The van der Waals surface area contributed by atoms with Crippen LogP contribution in [0.1, 0.15) is 5.56 Å². The predicted octanol–water partition coefficient (Wildman–Crippen LogP) is 1.40. The van der Waals surface area contributed by atoms with Crippen LogP contribution in [-0.4, -0.2) is 21.5 Å². The van der Waals surface area contributed by atoms with E-state index in [1.807, 2.05) is 24.3 Å². The molecular weight excluding hydrogens is 286 g/mol. The molecular formula is C11H12BrN3O2. The van der Waals surface area contributed by atoms with Crippen molar-refractivity contribution < 1.29 is 4.74 Å². The van der Waals surface area contributed by atoms with Gasteiger partial charge in [0.15, 0.2) is 0 Å². The van der Waals surface area contributed by atoms with Gasteiger partial charge >= 0.3 is 11.7 Å². The highest BCUT2D eigenvalue weighted by Gasteiger charge is 2.12. The molecule has 1 aromatic heterocycles. The van der Waals surface area contributed by atoms with Gasteiger partial charge in [0.2, 0.25) is 0 Å². The minimum absolute atomic E-state index is 0.197. The first kappa shape index (κ1) is 11.9. The van der Waals surface area contributed by atoms with Crippen molar-refractivity contribution in [2.24, 2.45) is 7.05 Å². The van der Waals surface area contributed by atoms with E-state index in [9.17, 15) is 4.79 Å². The molecule has 0 bridgehead atoms. The molecule has 0 saturated carbocycles. The Kier molecular flexibility index (Phi) is 3.33.